The fraction of sp³-hybridized carbons (Fsp3) is 0.200. The van der Waals surface area contributed by atoms with Crippen LogP contribution < -0.4 is 5.32 Å². The Morgan fingerprint density at radius 1 is 1.40 bits per heavy atom. The molecule has 0 bridgehead atoms. The molecule has 0 radical (unpaired) electrons. The van der Waals surface area contributed by atoms with Gasteiger partial charge in [0.15, 0.2) is 0 Å². The Morgan fingerprint density at radius 2 is 2.13 bits per heavy atom. The summed E-state index contributed by atoms with van der Waals surface area (Å²) in [5, 5.41) is 3.03. The minimum absolute atomic E-state index is 0.604. The van der Waals surface area contributed by atoms with Gasteiger partial charge in [-0.15, -0.1) is 0 Å². The van der Waals surface area contributed by atoms with Gasteiger partial charge in [-0.25, -0.2) is 4.79 Å². The van der Waals surface area contributed by atoms with Crippen LogP contribution in [0.2, 0.25) is 5.02 Å². The molecule has 1 aromatic rings. The normalized spacial score (nSPS) is 20.0. The van der Waals surface area contributed by atoms with Crippen LogP contribution >= 0.6 is 11.6 Å². The minimum atomic E-state index is -0.852. The first kappa shape index (κ1) is 9.98. The molecule has 1 aromatic carbocycles. The van der Waals surface area contributed by atoms with E-state index in [2.05, 4.69) is 5.32 Å². The minimum Gasteiger partial charge on any atom is -0.430 e. The van der Waals surface area contributed by atoms with Crippen molar-refractivity contribution in [2.45, 2.75) is 13.2 Å². The van der Waals surface area contributed by atoms with Crippen LogP contribution in [0.15, 0.2) is 18.2 Å². The highest BCUT2D eigenvalue weighted by atomic mass is 35.5. The smallest absolute Gasteiger partial charge is 0.399 e. The molecule has 0 saturated carbocycles. The Hall–Kier alpha value is -1.55. The van der Waals surface area contributed by atoms with Crippen LogP contribution in [0, 0.1) is 6.92 Å². The number of esters is 1. The third-order valence-electron chi connectivity index (χ3n) is 2.19. The summed E-state index contributed by atoms with van der Waals surface area (Å²) in [6.07, 6.45) is -0.692. The topological polar surface area (TPSA) is 55.4 Å². The van der Waals surface area contributed by atoms with Gasteiger partial charge in [0, 0.05) is 10.6 Å². The average molecular weight is 226 g/mol. The molecule has 1 heterocycles. The summed E-state index contributed by atoms with van der Waals surface area (Å²) in [5.41, 5.74) is 1.60. The lowest BCUT2D eigenvalue weighted by molar-refractivity contribution is -0.149. The Kier molecular flexibility index (Phi) is 2.36. The fourth-order valence-electron chi connectivity index (χ4n) is 1.44. The number of amides is 1. The molecule has 1 unspecified atom stereocenters. The molecule has 0 aromatic heterocycles. The predicted octanol–water partition coefficient (Wildman–Crippen LogP) is 1.32. The molecule has 0 aliphatic carbocycles. The molecule has 1 N–H and O–H groups in total. The Morgan fingerprint density at radius 3 is 2.67 bits per heavy atom. The van der Waals surface area contributed by atoms with Gasteiger partial charge in [-0.05, 0) is 24.6 Å². The SMILES string of the molecule is Cc1cc(Cl)ccc1C1NC(=O)C(=O)O1. The van der Waals surface area contributed by atoms with Gasteiger partial charge in [0.1, 0.15) is 0 Å². The van der Waals surface area contributed by atoms with Crippen molar-refractivity contribution >= 4 is 23.5 Å². The summed E-state index contributed by atoms with van der Waals surface area (Å²) in [6, 6.07) is 5.15. The van der Waals surface area contributed by atoms with Gasteiger partial charge in [0.2, 0.25) is 6.23 Å². The van der Waals surface area contributed by atoms with Gasteiger partial charge < -0.3 is 10.1 Å². The summed E-state index contributed by atoms with van der Waals surface area (Å²) >= 11 is 5.79. The molecule has 78 valence electrons. The Labute approximate surface area is 91.2 Å². The molecular formula is C10H8ClNO3. The molecule has 1 amide bonds. The van der Waals surface area contributed by atoms with E-state index in [-0.39, 0.29) is 0 Å². The molecule has 1 fully saturated rings. The van der Waals surface area contributed by atoms with Crippen molar-refractivity contribution in [1.29, 1.82) is 0 Å². The highest BCUT2D eigenvalue weighted by molar-refractivity contribution is 6.34. The van der Waals surface area contributed by atoms with Crippen LogP contribution in [-0.4, -0.2) is 11.9 Å². The molecule has 1 aliphatic heterocycles. The number of aryl methyl sites for hydroxylation is 1. The summed E-state index contributed by atoms with van der Waals surface area (Å²) in [4.78, 5) is 21.8. The van der Waals surface area contributed by atoms with Crippen molar-refractivity contribution in [1.82, 2.24) is 5.32 Å². The van der Waals surface area contributed by atoms with E-state index < -0.39 is 18.1 Å². The van der Waals surface area contributed by atoms with Crippen molar-refractivity contribution < 1.29 is 14.3 Å². The van der Waals surface area contributed by atoms with Crippen molar-refractivity contribution in [2.75, 3.05) is 0 Å². The second kappa shape index (κ2) is 3.55. The first-order valence-corrected chi connectivity index (χ1v) is 4.73. The molecule has 1 aliphatic rings. The summed E-state index contributed by atoms with van der Waals surface area (Å²) in [5.74, 6) is -1.57. The lowest BCUT2D eigenvalue weighted by Gasteiger charge is -2.12. The largest absolute Gasteiger partial charge is 0.430 e. The Balaban J connectivity index is 2.31. The average Bonchev–Trinajstić information content (AvgIpc) is 2.46. The number of nitrogens with one attached hydrogen (secondary N) is 1. The molecule has 2 rings (SSSR count). The summed E-state index contributed by atoms with van der Waals surface area (Å²) < 4.78 is 4.84. The predicted molar refractivity (Wildman–Crippen MR) is 53.2 cm³/mol. The number of carbonyl (C=O) groups excluding carboxylic acids is 2. The maximum atomic E-state index is 10.9. The second-order valence-corrected chi connectivity index (χ2v) is 3.70. The maximum absolute atomic E-state index is 10.9. The van der Waals surface area contributed by atoms with Crippen LogP contribution in [-0.2, 0) is 14.3 Å². The molecule has 1 atom stereocenters. The van der Waals surface area contributed by atoms with E-state index in [4.69, 9.17) is 16.3 Å². The van der Waals surface area contributed by atoms with Gasteiger partial charge in [-0.2, -0.15) is 0 Å². The van der Waals surface area contributed by atoms with E-state index in [1.165, 1.54) is 0 Å². The highest BCUT2D eigenvalue weighted by Crippen LogP contribution is 2.24. The van der Waals surface area contributed by atoms with E-state index in [1.807, 2.05) is 6.92 Å². The van der Waals surface area contributed by atoms with Crippen LogP contribution in [0.5, 0.6) is 0 Å². The summed E-state index contributed by atoms with van der Waals surface area (Å²) in [7, 11) is 0. The van der Waals surface area contributed by atoms with Crippen LogP contribution in [0.3, 0.4) is 0 Å². The number of ether oxygens (including phenoxy) is 1. The van der Waals surface area contributed by atoms with E-state index >= 15 is 0 Å². The van der Waals surface area contributed by atoms with Crippen molar-refractivity contribution in [3.05, 3.63) is 34.3 Å². The number of cyclic esters (lactones) is 1. The zero-order chi connectivity index (χ0) is 11.0. The molecule has 0 spiro atoms. The van der Waals surface area contributed by atoms with Crippen LogP contribution in [0.4, 0.5) is 0 Å². The number of benzene rings is 1. The zero-order valence-electron chi connectivity index (χ0n) is 7.91. The van der Waals surface area contributed by atoms with E-state index in [9.17, 15) is 9.59 Å². The van der Waals surface area contributed by atoms with Crippen molar-refractivity contribution in [3.8, 4) is 0 Å². The summed E-state index contributed by atoms with van der Waals surface area (Å²) in [6.45, 7) is 1.83. The first-order valence-electron chi connectivity index (χ1n) is 4.35. The lowest BCUT2D eigenvalue weighted by Crippen LogP contribution is -2.21. The lowest BCUT2D eigenvalue weighted by atomic mass is 10.1. The van der Waals surface area contributed by atoms with E-state index in [0.717, 1.165) is 11.1 Å². The molecule has 5 heteroatoms. The zero-order valence-corrected chi connectivity index (χ0v) is 8.67. The molecule has 1 saturated heterocycles. The number of hydrogen-bond donors (Lipinski definition) is 1. The standard InChI is InChI=1S/C10H8ClNO3/c1-5-4-6(11)2-3-7(5)9-12-8(13)10(14)15-9/h2-4,9H,1H3,(H,12,13). The number of carbonyl (C=O) groups is 2. The second-order valence-electron chi connectivity index (χ2n) is 3.26. The highest BCUT2D eigenvalue weighted by Gasteiger charge is 2.33. The van der Waals surface area contributed by atoms with Gasteiger partial charge in [-0.3, -0.25) is 4.79 Å². The van der Waals surface area contributed by atoms with Gasteiger partial charge in [0.25, 0.3) is 0 Å². The first-order chi connectivity index (χ1) is 7.08. The van der Waals surface area contributed by atoms with Gasteiger partial charge in [-0.1, -0.05) is 17.7 Å². The number of hydrogen-bond acceptors (Lipinski definition) is 3. The molecule has 15 heavy (non-hydrogen) atoms. The third kappa shape index (κ3) is 1.80. The van der Waals surface area contributed by atoms with Crippen LogP contribution in [0.1, 0.15) is 17.4 Å². The van der Waals surface area contributed by atoms with Crippen LogP contribution in [0.25, 0.3) is 0 Å². The monoisotopic (exact) mass is 225 g/mol. The van der Waals surface area contributed by atoms with E-state index in [0.29, 0.717) is 5.02 Å². The quantitative estimate of drug-likeness (QED) is 0.579. The van der Waals surface area contributed by atoms with Crippen molar-refractivity contribution in [3.63, 3.8) is 0 Å². The van der Waals surface area contributed by atoms with Gasteiger partial charge in [0.05, 0.1) is 0 Å². The molecule has 4 nitrogen and oxygen atoms in total. The van der Waals surface area contributed by atoms with Gasteiger partial charge >= 0.3 is 11.9 Å². The van der Waals surface area contributed by atoms with E-state index in [1.54, 1.807) is 18.2 Å². The number of rotatable bonds is 1. The third-order valence-corrected chi connectivity index (χ3v) is 2.42. The van der Waals surface area contributed by atoms with Crippen molar-refractivity contribution in [2.24, 2.45) is 0 Å². The Bertz CT molecular complexity index is 428. The maximum Gasteiger partial charge on any atom is 0.399 e. The fourth-order valence-corrected chi connectivity index (χ4v) is 1.67. The molecular weight excluding hydrogens is 218 g/mol. The number of halogens is 1.